The van der Waals surface area contributed by atoms with E-state index in [1.54, 1.807) is 7.11 Å². The highest BCUT2D eigenvalue weighted by molar-refractivity contribution is 5.81. The minimum absolute atomic E-state index is 0.0113. The van der Waals surface area contributed by atoms with Crippen molar-refractivity contribution in [1.29, 1.82) is 0 Å². The molecule has 0 spiro atoms. The van der Waals surface area contributed by atoms with Gasteiger partial charge in [0.2, 0.25) is 5.91 Å². The van der Waals surface area contributed by atoms with E-state index in [2.05, 4.69) is 15.5 Å². The van der Waals surface area contributed by atoms with Gasteiger partial charge >= 0.3 is 0 Å². The second kappa shape index (κ2) is 10.1. The Balaban J connectivity index is 2.20. The van der Waals surface area contributed by atoms with Crippen molar-refractivity contribution in [2.45, 2.75) is 38.6 Å². The molecule has 1 rings (SSSR count). The van der Waals surface area contributed by atoms with Crippen molar-refractivity contribution < 1.29 is 9.53 Å². The maximum atomic E-state index is 12.1. The van der Waals surface area contributed by atoms with Crippen LogP contribution < -0.4 is 10.6 Å². The Morgan fingerprint density at radius 3 is 2.65 bits per heavy atom. The molecule has 1 atom stereocenters. The lowest BCUT2D eigenvalue weighted by molar-refractivity contribution is -0.126. The average molecular weight is 285 g/mol. The molecule has 1 unspecified atom stereocenters. The van der Waals surface area contributed by atoms with Crippen LogP contribution in [0.15, 0.2) is 0 Å². The van der Waals surface area contributed by atoms with Crippen molar-refractivity contribution in [3.05, 3.63) is 0 Å². The molecule has 2 N–H and O–H groups in total. The molecule has 0 aromatic rings. The van der Waals surface area contributed by atoms with Gasteiger partial charge in [0.1, 0.15) is 0 Å². The molecule has 1 amide bonds. The summed E-state index contributed by atoms with van der Waals surface area (Å²) in [6, 6.07) is -0.0113. The van der Waals surface area contributed by atoms with Gasteiger partial charge in [0, 0.05) is 20.3 Å². The molecule has 1 aliphatic heterocycles. The quantitative estimate of drug-likeness (QED) is 0.617. The van der Waals surface area contributed by atoms with E-state index in [-0.39, 0.29) is 11.9 Å². The van der Waals surface area contributed by atoms with Gasteiger partial charge in [-0.05, 0) is 65.2 Å². The molecule has 0 aromatic heterocycles. The Hall–Kier alpha value is -0.650. The highest BCUT2D eigenvalue weighted by atomic mass is 16.5. The molecule has 0 bridgehead atoms. The van der Waals surface area contributed by atoms with Crippen LogP contribution >= 0.6 is 0 Å². The molecular weight excluding hydrogens is 254 g/mol. The van der Waals surface area contributed by atoms with Crippen molar-refractivity contribution >= 4 is 5.91 Å². The Morgan fingerprint density at radius 1 is 1.35 bits per heavy atom. The van der Waals surface area contributed by atoms with Crippen molar-refractivity contribution in [3.8, 4) is 0 Å². The van der Waals surface area contributed by atoms with E-state index in [1.807, 2.05) is 14.0 Å². The number of methoxy groups -OCH3 is 1. The first kappa shape index (κ1) is 17.4. The van der Waals surface area contributed by atoms with Crippen molar-refractivity contribution in [1.82, 2.24) is 15.5 Å². The predicted octanol–water partition coefficient (Wildman–Crippen LogP) is 0.849. The first-order valence-corrected chi connectivity index (χ1v) is 7.84. The van der Waals surface area contributed by atoms with Crippen LogP contribution in [-0.2, 0) is 9.53 Å². The number of ether oxygens (including phenoxy) is 1. The van der Waals surface area contributed by atoms with Crippen LogP contribution in [0.5, 0.6) is 0 Å². The molecule has 1 fully saturated rings. The van der Waals surface area contributed by atoms with Crippen LogP contribution in [0.3, 0.4) is 0 Å². The zero-order valence-electron chi connectivity index (χ0n) is 13.3. The zero-order chi connectivity index (χ0) is 14.8. The molecule has 118 valence electrons. The molecule has 1 aliphatic rings. The van der Waals surface area contributed by atoms with E-state index in [9.17, 15) is 4.79 Å². The number of hydrogen-bond acceptors (Lipinski definition) is 4. The summed E-state index contributed by atoms with van der Waals surface area (Å²) < 4.78 is 4.98. The Morgan fingerprint density at radius 2 is 2.05 bits per heavy atom. The van der Waals surface area contributed by atoms with Gasteiger partial charge in [-0.1, -0.05) is 0 Å². The van der Waals surface area contributed by atoms with Gasteiger partial charge in [-0.15, -0.1) is 0 Å². The third-order valence-electron chi connectivity index (χ3n) is 4.20. The third kappa shape index (κ3) is 6.20. The first-order valence-electron chi connectivity index (χ1n) is 7.84. The molecular formula is C15H31N3O2. The lowest BCUT2D eigenvalue weighted by Crippen LogP contribution is -2.48. The first-order chi connectivity index (χ1) is 9.69. The fourth-order valence-electron chi connectivity index (χ4n) is 2.72. The second-order valence-electron chi connectivity index (χ2n) is 5.68. The highest BCUT2D eigenvalue weighted by Gasteiger charge is 2.25. The molecule has 1 saturated heterocycles. The summed E-state index contributed by atoms with van der Waals surface area (Å²) in [7, 11) is 3.69. The standard InChI is InChI=1S/C15H31N3O2/c1-13(15(19)17-8-4-12-20-3)18-10-6-14(7-11-18)5-9-16-2/h13-14,16H,4-12H2,1-3H3,(H,17,19). The number of nitrogens with zero attached hydrogens (tertiary/aromatic N) is 1. The van der Waals surface area contributed by atoms with Crippen LogP contribution in [0.4, 0.5) is 0 Å². The summed E-state index contributed by atoms with van der Waals surface area (Å²) in [6.45, 7) is 6.60. The van der Waals surface area contributed by atoms with E-state index < -0.39 is 0 Å². The van der Waals surface area contributed by atoms with E-state index >= 15 is 0 Å². The maximum absolute atomic E-state index is 12.1. The molecule has 1 heterocycles. The van der Waals surface area contributed by atoms with Crippen molar-refractivity contribution in [2.24, 2.45) is 5.92 Å². The van der Waals surface area contributed by atoms with Gasteiger partial charge in [0.05, 0.1) is 6.04 Å². The average Bonchev–Trinajstić information content (AvgIpc) is 2.49. The Bertz CT molecular complexity index is 266. The smallest absolute Gasteiger partial charge is 0.237 e. The van der Waals surface area contributed by atoms with Gasteiger partial charge in [0.25, 0.3) is 0 Å². The zero-order valence-corrected chi connectivity index (χ0v) is 13.3. The Kier molecular flexibility index (Phi) is 8.82. The van der Waals surface area contributed by atoms with Gasteiger partial charge in [-0.25, -0.2) is 0 Å². The lowest BCUT2D eigenvalue weighted by atomic mass is 9.93. The molecule has 0 radical (unpaired) electrons. The number of amides is 1. The normalized spacial score (nSPS) is 18.9. The fourth-order valence-corrected chi connectivity index (χ4v) is 2.72. The van der Waals surface area contributed by atoms with Crippen molar-refractivity contribution in [2.75, 3.05) is 46.9 Å². The van der Waals surface area contributed by atoms with E-state index in [0.29, 0.717) is 13.2 Å². The molecule has 0 aliphatic carbocycles. The van der Waals surface area contributed by atoms with Crippen LogP contribution in [0.1, 0.15) is 32.6 Å². The minimum Gasteiger partial charge on any atom is -0.385 e. The summed E-state index contributed by atoms with van der Waals surface area (Å²) in [5.41, 5.74) is 0. The monoisotopic (exact) mass is 285 g/mol. The van der Waals surface area contributed by atoms with E-state index in [0.717, 1.165) is 32.0 Å². The summed E-state index contributed by atoms with van der Waals surface area (Å²) in [6.07, 6.45) is 4.55. The number of piperidine rings is 1. The molecule has 0 saturated carbocycles. The largest absolute Gasteiger partial charge is 0.385 e. The number of carbonyl (C=O) groups is 1. The SMILES string of the molecule is CNCCC1CCN(C(C)C(=O)NCCCOC)CC1. The second-order valence-corrected chi connectivity index (χ2v) is 5.68. The van der Waals surface area contributed by atoms with Gasteiger partial charge in [-0.2, -0.15) is 0 Å². The summed E-state index contributed by atoms with van der Waals surface area (Å²) in [4.78, 5) is 14.4. The summed E-state index contributed by atoms with van der Waals surface area (Å²) >= 11 is 0. The van der Waals surface area contributed by atoms with Crippen LogP contribution in [0.2, 0.25) is 0 Å². The van der Waals surface area contributed by atoms with E-state index in [1.165, 1.54) is 19.3 Å². The molecule has 5 nitrogen and oxygen atoms in total. The predicted molar refractivity (Wildman–Crippen MR) is 81.8 cm³/mol. The number of nitrogens with one attached hydrogen (secondary N) is 2. The fraction of sp³-hybridized carbons (Fsp3) is 0.933. The molecule has 5 heteroatoms. The minimum atomic E-state index is -0.0113. The molecule has 0 aromatic carbocycles. The van der Waals surface area contributed by atoms with Crippen LogP contribution in [0.25, 0.3) is 0 Å². The third-order valence-corrected chi connectivity index (χ3v) is 4.20. The van der Waals surface area contributed by atoms with Gasteiger partial charge in [-0.3, -0.25) is 9.69 Å². The number of rotatable bonds is 9. The van der Waals surface area contributed by atoms with Crippen molar-refractivity contribution in [3.63, 3.8) is 0 Å². The topological polar surface area (TPSA) is 53.6 Å². The van der Waals surface area contributed by atoms with Gasteiger partial charge in [0.15, 0.2) is 0 Å². The maximum Gasteiger partial charge on any atom is 0.237 e. The highest BCUT2D eigenvalue weighted by Crippen LogP contribution is 2.21. The van der Waals surface area contributed by atoms with Crippen LogP contribution in [-0.4, -0.2) is 63.8 Å². The van der Waals surface area contributed by atoms with Crippen LogP contribution in [0, 0.1) is 5.92 Å². The number of carbonyl (C=O) groups excluding carboxylic acids is 1. The Labute approximate surface area is 123 Å². The number of likely N-dealkylation sites (tertiary alicyclic amines) is 1. The number of hydrogen-bond donors (Lipinski definition) is 2. The lowest BCUT2D eigenvalue weighted by Gasteiger charge is -2.35. The summed E-state index contributed by atoms with van der Waals surface area (Å²) in [5.74, 6) is 0.963. The van der Waals surface area contributed by atoms with Gasteiger partial charge < -0.3 is 15.4 Å². The molecule has 20 heavy (non-hydrogen) atoms. The van der Waals surface area contributed by atoms with E-state index in [4.69, 9.17) is 4.74 Å². The summed E-state index contributed by atoms with van der Waals surface area (Å²) in [5, 5.41) is 6.20.